The smallest absolute Gasteiger partial charge is 0.303 e. The van der Waals surface area contributed by atoms with Crippen LogP contribution in [0.4, 0.5) is 0 Å². The molecule has 0 aliphatic rings. The third kappa shape index (κ3) is 8.06. The Morgan fingerprint density at radius 2 is 1.95 bits per heavy atom. The summed E-state index contributed by atoms with van der Waals surface area (Å²) in [5.41, 5.74) is 1.21. The monoisotopic (exact) mass is 306 g/mol. The number of hydrogen-bond acceptors (Lipinski definition) is 2. The summed E-state index contributed by atoms with van der Waals surface area (Å²) in [6.45, 7) is 4.31. The molecule has 0 saturated heterocycles. The van der Waals surface area contributed by atoms with Crippen LogP contribution in [-0.2, 0) is 11.2 Å². The Morgan fingerprint density at radius 3 is 2.68 bits per heavy atom. The van der Waals surface area contributed by atoms with Crippen molar-refractivity contribution in [3.05, 3.63) is 29.2 Å². The van der Waals surface area contributed by atoms with E-state index in [4.69, 9.17) is 9.52 Å². The van der Waals surface area contributed by atoms with Crippen molar-refractivity contribution < 1.29 is 14.3 Å². The maximum Gasteiger partial charge on any atom is 0.303 e. The first-order chi connectivity index (χ1) is 10.6. The van der Waals surface area contributed by atoms with E-state index < -0.39 is 5.97 Å². The molecule has 0 radical (unpaired) electrons. The van der Waals surface area contributed by atoms with Gasteiger partial charge in [0.2, 0.25) is 0 Å². The lowest BCUT2D eigenvalue weighted by molar-refractivity contribution is -0.137. The third-order valence-corrected chi connectivity index (χ3v) is 3.81. The van der Waals surface area contributed by atoms with Crippen LogP contribution in [0.2, 0.25) is 0 Å². The van der Waals surface area contributed by atoms with Gasteiger partial charge in [0.15, 0.2) is 0 Å². The maximum absolute atomic E-state index is 10.4. The van der Waals surface area contributed by atoms with E-state index in [0.717, 1.165) is 50.0 Å². The third-order valence-electron chi connectivity index (χ3n) is 3.81. The van der Waals surface area contributed by atoms with E-state index in [0.29, 0.717) is 6.42 Å². The maximum atomic E-state index is 10.4. The van der Waals surface area contributed by atoms with E-state index in [1.165, 1.54) is 24.8 Å². The predicted molar refractivity (Wildman–Crippen MR) is 91.0 cm³/mol. The van der Waals surface area contributed by atoms with Gasteiger partial charge in [0, 0.05) is 12.8 Å². The summed E-state index contributed by atoms with van der Waals surface area (Å²) in [6.07, 6.45) is 14.3. The first kappa shape index (κ1) is 18.5. The number of unbranched alkanes of at least 4 members (excludes halogenated alkanes) is 6. The Bertz CT molecular complexity index is 457. The summed E-state index contributed by atoms with van der Waals surface area (Å²) in [7, 11) is 0. The fourth-order valence-electron chi connectivity index (χ4n) is 2.48. The minimum atomic E-state index is -0.692. The summed E-state index contributed by atoms with van der Waals surface area (Å²) in [5, 5.41) is 8.55. The molecule has 124 valence electrons. The molecule has 1 heterocycles. The van der Waals surface area contributed by atoms with Crippen LogP contribution in [0.5, 0.6) is 0 Å². The highest BCUT2D eigenvalue weighted by atomic mass is 16.4. The van der Waals surface area contributed by atoms with Gasteiger partial charge in [0.1, 0.15) is 11.5 Å². The average molecular weight is 306 g/mol. The van der Waals surface area contributed by atoms with E-state index in [2.05, 4.69) is 32.1 Å². The molecule has 3 heteroatoms. The van der Waals surface area contributed by atoms with Crippen molar-refractivity contribution in [3.8, 4) is 0 Å². The molecule has 0 saturated carbocycles. The van der Waals surface area contributed by atoms with E-state index >= 15 is 0 Å². The molecular weight excluding hydrogens is 276 g/mol. The van der Waals surface area contributed by atoms with Crippen LogP contribution >= 0.6 is 0 Å². The van der Waals surface area contributed by atoms with Gasteiger partial charge in [-0.3, -0.25) is 4.79 Å². The van der Waals surface area contributed by atoms with Crippen LogP contribution in [0, 0.1) is 6.92 Å². The Morgan fingerprint density at radius 1 is 1.18 bits per heavy atom. The van der Waals surface area contributed by atoms with Crippen LogP contribution in [-0.4, -0.2) is 11.1 Å². The molecule has 0 unspecified atom stereocenters. The number of carbonyl (C=O) groups is 1. The second kappa shape index (κ2) is 11.1. The second-order valence-corrected chi connectivity index (χ2v) is 5.97. The van der Waals surface area contributed by atoms with Gasteiger partial charge in [-0.25, -0.2) is 0 Å². The molecule has 0 aliphatic carbocycles. The number of rotatable bonds is 12. The molecule has 0 bridgehead atoms. The number of furan rings is 1. The zero-order chi connectivity index (χ0) is 16.2. The van der Waals surface area contributed by atoms with Crippen molar-refractivity contribution in [2.45, 2.75) is 78.1 Å². The first-order valence-electron chi connectivity index (χ1n) is 8.61. The van der Waals surface area contributed by atoms with E-state index in [1.54, 1.807) is 0 Å². The summed E-state index contributed by atoms with van der Waals surface area (Å²) < 4.78 is 5.88. The van der Waals surface area contributed by atoms with Gasteiger partial charge in [0.05, 0.1) is 0 Å². The topological polar surface area (TPSA) is 50.4 Å². The van der Waals surface area contributed by atoms with Gasteiger partial charge < -0.3 is 9.52 Å². The summed E-state index contributed by atoms with van der Waals surface area (Å²) in [4.78, 5) is 10.4. The fourth-order valence-corrected chi connectivity index (χ4v) is 2.48. The van der Waals surface area contributed by atoms with E-state index in [9.17, 15) is 4.79 Å². The highest BCUT2D eigenvalue weighted by Crippen LogP contribution is 2.19. The lowest BCUT2D eigenvalue weighted by Gasteiger charge is -1.97. The second-order valence-electron chi connectivity index (χ2n) is 5.97. The molecule has 0 atom stereocenters. The van der Waals surface area contributed by atoms with Crippen molar-refractivity contribution in [1.82, 2.24) is 0 Å². The van der Waals surface area contributed by atoms with Crippen LogP contribution in [0.3, 0.4) is 0 Å². The lowest BCUT2D eigenvalue weighted by Crippen LogP contribution is -1.93. The van der Waals surface area contributed by atoms with Gasteiger partial charge in [-0.15, -0.1) is 0 Å². The van der Waals surface area contributed by atoms with Gasteiger partial charge in [0.25, 0.3) is 0 Å². The van der Waals surface area contributed by atoms with Crippen molar-refractivity contribution in [3.63, 3.8) is 0 Å². The molecule has 0 spiro atoms. The number of carboxylic acids is 1. The Balaban J connectivity index is 2.21. The molecule has 1 aromatic rings. The SMILES string of the molecule is CCCCCc1cc(C)c(/C=C/CCCCCCC(=O)O)o1. The molecule has 1 rings (SSSR count). The molecule has 0 aromatic carbocycles. The molecule has 1 N–H and O–H groups in total. The zero-order valence-electron chi connectivity index (χ0n) is 14.1. The average Bonchev–Trinajstić information content (AvgIpc) is 2.82. The Kier molecular flexibility index (Phi) is 9.36. The largest absolute Gasteiger partial charge is 0.481 e. The summed E-state index contributed by atoms with van der Waals surface area (Å²) in [5.74, 6) is 1.39. The molecule has 3 nitrogen and oxygen atoms in total. The molecule has 1 aromatic heterocycles. The van der Waals surface area contributed by atoms with Crippen LogP contribution in [0.1, 0.15) is 81.8 Å². The lowest BCUT2D eigenvalue weighted by atomic mass is 10.1. The number of carboxylic acid groups (broad SMARTS) is 1. The molecule has 0 fully saturated rings. The first-order valence-corrected chi connectivity index (χ1v) is 8.61. The normalized spacial score (nSPS) is 11.4. The number of aryl methyl sites for hydroxylation is 2. The number of aliphatic carboxylic acids is 1. The standard InChI is InChI=1S/C19H30O3/c1-3-4-9-12-17-15-16(2)18(22-17)13-10-7-5-6-8-11-14-19(20)21/h10,13,15H,3-9,11-12,14H2,1-2H3,(H,20,21)/b13-10+. The summed E-state index contributed by atoms with van der Waals surface area (Å²) >= 11 is 0. The van der Waals surface area contributed by atoms with Crippen molar-refractivity contribution in [1.29, 1.82) is 0 Å². The minimum Gasteiger partial charge on any atom is -0.481 e. The van der Waals surface area contributed by atoms with Crippen molar-refractivity contribution in [2.24, 2.45) is 0 Å². The van der Waals surface area contributed by atoms with Crippen molar-refractivity contribution in [2.75, 3.05) is 0 Å². The fraction of sp³-hybridized carbons (Fsp3) is 0.632. The number of hydrogen-bond donors (Lipinski definition) is 1. The predicted octanol–water partition coefficient (Wildman–Crippen LogP) is 5.76. The molecule has 22 heavy (non-hydrogen) atoms. The minimum absolute atomic E-state index is 0.294. The van der Waals surface area contributed by atoms with E-state index in [-0.39, 0.29) is 0 Å². The van der Waals surface area contributed by atoms with Gasteiger partial charge in [-0.2, -0.15) is 0 Å². The molecule has 0 aliphatic heterocycles. The van der Waals surface area contributed by atoms with Crippen LogP contribution in [0.15, 0.2) is 16.6 Å². The number of allylic oxidation sites excluding steroid dienone is 1. The highest BCUT2D eigenvalue weighted by molar-refractivity contribution is 5.66. The van der Waals surface area contributed by atoms with Crippen LogP contribution < -0.4 is 0 Å². The highest BCUT2D eigenvalue weighted by Gasteiger charge is 2.04. The van der Waals surface area contributed by atoms with Gasteiger partial charge in [-0.1, -0.05) is 38.7 Å². The van der Waals surface area contributed by atoms with Crippen molar-refractivity contribution >= 4 is 12.0 Å². The summed E-state index contributed by atoms with van der Waals surface area (Å²) in [6, 6.07) is 2.15. The molecule has 0 amide bonds. The Labute approximate surface area is 134 Å². The van der Waals surface area contributed by atoms with Crippen LogP contribution in [0.25, 0.3) is 6.08 Å². The quantitative estimate of drug-likeness (QED) is 0.499. The Hall–Kier alpha value is -1.51. The van der Waals surface area contributed by atoms with Gasteiger partial charge in [-0.05, 0) is 50.3 Å². The van der Waals surface area contributed by atoms with Gasteiger partial charge >= 0.3 is 5.97 Å². The van der Waals surface area contributed by atoms with E-state index in [1.807, 2.05) is 0 Å². The zero-order valence-corrected chi connectivity index (χ0v) is 14.1. The molecular formula is C19H30O3.